The van der Waals surface area contributed by atoms with Gasteiger partial charge in [-0.25, -0.2) is 18.1 Å². The van der Waals surface area contributed by atoms with Crippen molar-refractivity contribution in [3.05, 3.63) is 219 Å². The predicted molar refractivity (Wildman–Crippen MR) is 263 cm³/mol. The molecule has 2 unspecified atom stereocenters. The monoisotopic (exact) mass is 996 g/mol. The molecule has 6 aromatic rings. The van der Waals surface area contributed by atoms with E-state index in [4.69, 9.17) is 23.2 Å². The van der Waals surface area contributed by atoms with Crippen LogP contribution in [0.25, 0.3) is 27.8 Å². The van der Waals surface area contributed by atoms with Crippen LogP contribution in [0.5, 0.6) is 0 Å². The van der Waals surface area contributed by atoms with Gasteiger partial charge in [0.15, 0.2) is 0 Å². The molecule has 10 rings (SSSR count). The number of rotatable bonds is 4. The molecule has 0 heterocycles. The smallest absolute Gasteiger partial charge is 0.172 e. The van der Waals surface area contributed by atoms with Crippen LogP contribution in [0.2, 0.25) is 10.0 Å². The van der Waals surface area contributed by atoms with Crippen molar-refractivity contribution in [3.8, 4) is 22.3 Å². The Morgan fingerprint density at radius 1 is 0.625 bits per heavy atom. The van der Waals surface area contributed by atoms with Crippen LogP contribution < -0.4 is 24.8 Å². The van der Waals surface area contributed by atoms with Gasteiger partial charge in [0, 0.05) is 0 Å². The fourth-order valence-electron chi connectivity index (χ4n) is 11.0. The molecule has 328 valence electrons. The second-order valence-electron chi connectivity index (χ2n) is 19.3. The summed E-state index contributed by atoms with van der Waals surface area (Å²) in [5.41, 5.74) is 17.6. The Morgan fingerprint density at radius 3 is 1.56 bits per heavy atom. The molecule has 2 atom stereocenters. The molecule has 6 aromatic carbocycles. The molecule has 0 saturated heterocycles. The second-order valence-corrected chi connectivity index (χ2v) is 21.4. The van der Waals surface area contributed by atoms with Crippen molar-refractivity contribution in [1.82, 2.24) is 0 Å². The first-order chi connectivity index (χ1) is 29.6. The van der Waals surface area contributed by atoms with Gasteiger partial charge in [0.2, 0.25) is 0 Å². The number of hydrogen-bond donors (Lipinski definition) is 0. The van der Waals surface area contributed by atoms with Gasteiger partial charge in [-0.05, 0) is 40.6 Å². The first-order valence-corrected chi connectivity index (χ1v) is 24.1. The maximum absolute atomic E-state index is 5.98. The molecule has 0 spiro atoms. The number of halogens is 4. The Hall–Kier alpha value is -3.55. The summed E-state index contributed by atoms with van der Waals surface area (Å²) in [4.78, 5) is 0. The molecule has 0 nitrogen and oxygen atoms in total. The van der Waals surface area contributed by atoms with Gasteiger partial charge in [0.1, 0.15) is 0 Å². The van der Waals surface area contributed by atoms with E-state index in [1.54, 1.807) is 28.2 Å². The summed E-state index contributed by atoms with van der Waals surface area (Å²) < 4.78 is 1.34. The van der Waals surface area contributed by atoms with E-state index in [1.165, 1.54) is 84.8 Å². The van der Waals surface area contributed by atoms with Crippen LogP contribution in [0.4, 0.5) is 0 Å². The molecule has 0 aromatic heterocycles. The summed E-state index contributed by atoms with van der Waals surface area (Å²) in [5.74, 6) is 2.24. The van der Waals surface area contributed by atoms with Crippen molar-refractivity contribution >= 4 is 32.0 Å². The van der Waals surface area contributed by atoms with E-state index >= 15 is 0 Å². The molecule has 0 radical (unpaired) electrons. The molecular formula is C59H58Cl4Zr-2. The van der Waals surface area contributed by atoms with Crippen LogP contribution in [-0.4, -0.2) is 3.21 Å². The molecule has 4 aliphatic rings. The van der Waals surface area contributed by atoms with Gasteiger partial charge in [0.05, 0.1) is 0 Å². The van der Waals surface area contributed by atoms with Crippen molar-refractivity contribution in [2.45, 2.75) is 74.7 Å². The van der Waals surface area contributed by atoms with E-state index in [9.17, 15) is 0 Å². The van der Waals surface area contributed by atoms with E-state index in [0.717, 1.165) is 16.5 Å². The van der Waals surface area contributed by atoms with Crippen molar-refractivity contribution in [1.29, 1.82) is 0 Å². The van der Waals surface area contributed by atoms with E-state index in [2.05, 4.69) is 165 Å². The van der Waals surface area contributed by atoms with Crippen LogP contribution >= 0.6 is 23.2 Å². The Labute approximate surface area is 420 Å². The third kappa shape index (κ3) is 8.76. The first kappa shape index (κ1) is 49.9. The average Bonchev–Trinajstić information content (AvgIpc) is 4.00. The Bertz CT molecular complexity index is 2550. The van der Waals surface area contributed by atoms with Gasteiger partial charge in [-0.3, -0.25) is 0 Å². The minimum atomic E-state index is 0. The number of hydrogen-bond acceptors (Lipinski definition) is 0. The third-order valence-corrected chi connectivity index (χ3v) is 18.0. The zero-order valence-electron chi connectivity index (χ0n) is 38.3. The van der Waals surface area contributed by atoms with Crippen molar-refractivity contribution < 1.29 is 49.0 Å². The van der Waals surface area contributed by atoms with Crippen LogP contribution in [0.1, 0.15) is 90.5 Å². The van der Waals surface area contributed by atoms with Gasteiger partial charge in [-0.15, -0.1) is 6.92 Å². The van der Waals surface area contributed by atoms with Gasteiger partial charge >= 0.3 is 191 Å². The maximum Gasteiger partial charge on any atom is -0.172 e. The summed E-state index contributed by atoms with van der Waals surface area (Å²) in [6.45, 7) is 20.3. The first-order valence-electron chi connectivity index (χ1n) is 22.1. The summed E-state index contributed by atoms with van der Waals surface area (Å²) in [6.07, 6.45) is 8.50. The molecule has 5 heteroatoms. The predicted octanol–water partition coefficient (Wildman–Crippen LogP) is 10.8. The van der Waals surface area contributed by atoms with Crippen LogP contribution in [0, 0.1) is 33.5 Å². The SMILES string of the molecule is C[C-]1C2=C3Cc4ccccc4C3=C3C=CCCC3C2(C)C(C)(C)C(C)(C)C1(C)C.Clc1ccc(-c2ccc([C](=[Zr+2])c3ccc(-c4ccc(Cl)cc4)cc3)cc2)cc1.[Cl-].[Cl-].c1cc[cH-]c1. The number of fused-ring (bicyclic) bond motifs is 6. The fourth-order valence-corrected chi connectivity index (χ4v) is 12.1. The normalized spacial score (nSPS) is 20.4. The standard InChI is InChI=1S/C29H37.C25H16Cl2.C5H5.2ClH.Zr/c1-18-25-22-17-19-13-9-10-14-20(19)24(22)21-15-11-12-16-23(21)29(25,8)28(6,7)27(4,5)26(18,2)3;26-24-13-9-22(10-14-24)20-5-1-18(2-6-20)17-19-3-7-21(8-4-19)23-11-15-25(27)16-12-23;1-2-4-5-3-1;;;/h9-11,13-15,23H,12,16-17H2,1-8H3;1-16H;1-5H;2*1H;/q-1;;-1;;;+2/p-2. The van der Waals surface area contributed by atoms with Gasteiger partial charge < -0.3 is 24.8 Å². The van der Waals surface area contributed by atoms with Gasteiger partial charge in [-0.1, -0.05) is 113 Å². The number of allylic oxidation sites excluding steroid dienone is 6. The molecule has 4 aliphatic carbocycles. The molecule has 1 fully saturated rings. The van der Waals surface area contributed by atoms with E-state index < -0.39 is 0 Å². The number of benzene rings is 5. The van der Waals surface area contributed by atoms with Crippen molar-refractivity contribution in [2.75, 3.05) is 0 Å². The van der Waals surface area contributed by atoms with Crippen LogP contribution in [0.3, 0.4) is 0 Å². The van der Waals surface area contributed by atoms with Crippen LogP contribution in [-0.2, 0) is 30.7 Å². The minimum absolute atomic E-state index is 0. The van der Waals surface area contributed by atoms with Crippen molar-refractivity contribution in [3.63, 3.8) is 0 Å². The quantitative estimate of drug-likeness (QED) is 0.154. The molecular weight excluding hydrogens is 942 g/mol. The maximum atomic E-state index is 5.98. The summed E-state index contributed by atoms with van der Waals surface area (Å²) >= 11 is 13.4. The molecule has 0 N–H and O–H groups in total. The summed E-state index contributed by atoms with van der Waals surface area (Å²) in [5, 5.41) is 1.52. The fraction of sp³-hybridized carbons (Fsp3) is 0.271. The zero-order chi connectivity index (χ0) is 44.0. The van der Waals surface area contributed by atoms with E-state index in [1.807, 2.05) is 54.6 Å². The summed E-state index contributed by atoms with van der Waals surface area (Å²) in [6, 6.07) is 52.5. The van der Waals surface area contributed by atoms with E-state index in [0.29, 0.717) is 5.92 Å². The second kappa shape index (κ2) is 19.7. The minimum Gasteiger partial charge on any atom is -1.00 e. The van der Waals surface area contributed by atoms with Gasteiger partial charge in [0.25, 0.3) is 0 Å². The Morgan fingerprint density at radius 2 is 1.09 bits per heavy atom. The summed E-state index contributed by atoms with van der Waals surface area (Å²) in [7, 11) is 0. The zero-order valence-corrected chi connectivity index (χ0v) is 43.8. The molecule has 64 heavy (non-hydrogen) atoms. The third-order valence-electron chi connectivity index (χ3n) is 16.1. The van der Waals surface area contributed by atoms with Crippen LogP contribution in [0.15, 0.2) is 181 Å². The Kier molecular flexibility index (Phi) is 15.4. The van der Waals surface area contributed by atoms with E-state index in [-0.39, 0.29) is 46.5 Å². The molecule has 1 saturated carbocycles. The average molecular weight is 1000 g/mol. The van der Waals surface area contributed by atoms with Crippen molar-refractivity contribution in [2.24, 2.45) is 27.6 Å². The molecule has 0 aliphatic heterocycles. The Balaban J connectivity index is 0.000000186. The topological polar surface area (TPSA) is 0 Å². The molecule has 0 amide bonds. The largest absolute Gasteiger partial charge is 1.00 e. The van der Waals surface area contributed by atoms with Gasteiger partial charge in [-0.2, -0.15) is 29.3 Å². The molecule has 0 bridgehead atoms.